The van der Waals surface area contributed by atoms with E-state index < -0.39 is 285 Å². The minimum atomic E-state index is -1.89. The first-order valence-corrected chi connectivity index (χ1v) is 45.7. The number of hydrogen-bond acceptors (Lipinski definition) is 24. The summed E-state index contributed by atoms with van der Waals surface area (Å²) in [6.45, 7) is 36.7. The molecule has 1 aromatic carbocycles. The summed E-state index contributed by atoms with van der Waals surface area (Å²) in [5.74, 6) is -18.7. The number of aliphatic hydroxyl groups is 23. The van der Waals surface area contributed by atoms with Gasteiger partial charge in [0.15, 0.2) is 23.6 Å². The summed E-state index contributed by atoms with van der Waals surface area (Å²) >= 11 is 0. The third kappa shape index (κ3) is 39.8. The van der Waals surface area contributed by atoms with Crippen molar-refractivity contribution < 1.29 is 122 Å². The van der Waals surface area contributed by atoms with Gasteiger partial charge in [-0.3, -0.25) is 21.0 Å². The number of carbonyl (C=O) groups is 1. The lowest BCUT2D eigenvalue weighted by atomic mass is 9.98. The van der Waals surface area contributed by atoms with Crippen molar-refractivity contribution in [2.24, 2.45) is 119 Å². The standard InChI is InChI=1S/C92H153N23O24/c1-27-49(8)67(76(130)103-57(36-39-62(94)119)72(126)102-56(35-38-61(93)118)71(125)100-55(45-116)43-54-32-29-28-30-33-54)107-83(137)89(19,20)113-77(131)65(47(4)5)105-75(129)60-34-31-41-115(60)85(139)92(25,26)111-74(128)59(42-46(2)3)101-64(121)44-96-79(133)86(13,14)112-78(132)66(48(6)7)106-82(136)88(17,18)110-73(127)58(37-40-63(95)120)104-81(135)90(21,22)114-84(138)91(23,24)109-70(124)52(11)98-68(122)50(9)97-69(123)51(10)99-80(134)87(15,16)108-53(12)117/h28-30,32-33,46-52,55-60,65-67,116H,27,31,34-45H2,1-26H3,(H2,93,118)(H2,94,119)(H2,95,120)(H,96,133)(H,97,123)(H,98,122)(H,99,134)(H,100,125)(H,101,121)(H,102,126)(H,103,130)(H,104,135)(H,105,129)(H,106,136)(H,107,137)(H,108,117)(H,109,124)(H,110,127)(H,111,128)(H,112,132)(H,113,131)(H,114,138). The molecule has 1 aromatic rings. The van der Waals surface area contributed by atoms with E-state index in [1.54, 1.807) is 85.7 Å². The Kier molecular flexibility index (Phi) is 46.7. The summed E-state index contributed by atoms with van der Waals surface area (Å²) in [7, 11) is 0. The molecule has 47 nitrogen and oxygen atoms in total. The number of carbonyl (C=O) groups excluding carboxylic acids is 1. The Morgan fingerprint density at radius 3 is 1.24 bits per heavy atom. The molecule has 1 amide bonds. The number of benzene rings is 1. The van der Waals surface area contributed by atoms with Crippen LogP contribution in [-0.2, 0) is 11.2 Å². The number of aliphatic hydroxyl groups excluding tert-OH is 23. The third-order valence-corrected chi connectivity index (χ3v) is 21.8. The van der Waals surface area contributed by atoms with Crippen molar-refractivity contribution >= 4 is 136 Å². The number of likely N-dealkylation sites (tertiary alicyclic amines) is 1. The summed E-state index contributed by atoms with van der Waals surface area (Å²) in [5, 5.41) is 278. The van der Waals surface area contributed by atoms with Crippen LogP contribution in [0.3, 0.4) is 0 Å². The highest BCUT2D eigenvalue weighted by Gasteiger charge is 2.44. The minimum Gasteiger partial charge on any atom is -0.497 e. The van der Waals surface area contributed by atoms with Crippen LogP contribution in [0.25, 0.3) is 0 Å². The zero-order chi connectivity index (χ0) is 107. The van der Waals surface area contributed by atoms with Crippen LogP contribution < -0.4 is 0 Å². The highest BCUT2D eigenvalue weighted by molar-refractivity contribution is 6.00. The van der Waals surface area contributed by atoms with Crippen molar-refractivity contribution in [1.82, 2.24) is 4.90 Å². The second-order valence-corrected chi connectivity index (χ2v) is 38.8. The highest BCUT2D eigenvalue weighted by atomic mass is 16.3. The van der Waals surface area contributed by atoms with Gasteiger partial charge in [0, 0.05) is 32.7 Å². The first-order chi connectivity index (χ1) is 63.8. The molecule has 1 fully saturated rings. The fourth-order valence-corrected chi connectivity index (χ4v) is 13.1. The topological polar surface area (TPSA) is 792 Å². The lowest BCUT2D eigenvalue weighted by Crippen LogP contribution is -2.50. The Morgan fingerprint density at radius 1 is 0.396 bits per heavy atom. The molecule has 1 aliphatic rings. The van der Waals surface area contributed by atoms with Crippen molar-refractivity contribution in [2.45, 2.75) is 362 Å². The van der Waals surface area contributed by atoms with Gasteiger partial charge in [0.2, 0.25) is 106 Å². The van der Waals surface area contributed by atoms with Crippen LogP contribution in [0.4, 0.5) is 0 Å². The summed E-state index contributed by atoms with van der Waals surface area (Å²) in [5.41, 5.74) is -11.5. The van der Waals surface area contributed by atoms with E-state index in [-0.39, 0.29) is 63.3 Å². The number of nitrogens with one attached hydrogen (secondary N) is 3. The molecule has 0 bridgehead atoms. The highest BCUT2D eigenvalue weighted by Crippen LogP contribution is 2.30. The molecule has 0 aliphatic carbocycles. The van der Waals surface area contributed by atoms with Gasteiger partial charge in [0.05, 0.1) is 12.6 Å². The maximum atomic E-state index is 14.7. The summed E-state index contributed by atoms with van der Waals surface area (Å²) in [4.78, 5) is 95.8. The fraction of sp³-hybridized carbons (Fsp3) is 0.685. The average molecular weight is 1970 g/mol. The van der Waals surface area contributed by atoms with Gasteiger partial charge in [-0.2, -0.15) is 0 Å². The van der Waals surface area contributed by atoms with Crippen molar-refractivity contribution in [1.29, 1.82) is 16.2 Å². The summed E-state index contributed by atoms with van der Waals surface area (Å²) in [6.07, 6.45) is -1.10. The number of rotatable bonds is 56. The molecular weight excluding hydrogens is 1810 g/mol. The molecule has 26 N–H and O–H groups in total. The molecule has 1 saturated heterocycles. The summed E-state index contributed by atoms with van der Waals surface area (Å²) in [6, 6.07) is -6.68. The molecule has 0 radical (unpaired) electrons. The molecule has 13 unspecified atom stereocenters. The first-order valence-electron chi connectivity index (χ1n) is 45.7. The van der Waals surface area contributed by atoms with Crippen molar-refractivity contribution in [3.63, 3.8) is 0 Å². The van der Waals surface area contributed by atoms with E-state index in [1.807, 2.05) is 0 Å². The van der Waals surface area contributed by atoms with Gasteiger partial charge in [-0.25, -0.2) is 94.9 Å². The van der Waals surface area contributed by atoms with E-state index in [2.05, 4.69) is 94.9 Å². The lowest BCUT2D eigenvalue weighted by molar-refractivity contribution is -0.135. The lowest BCUT2D eigenvalue weighted by Gasteiger charge is -2.31. The molecule has 780 valence electrons. The predicted octanol–water partition coefficient (Wildman–Crippen LogP) is 14.3. The van der Waals surface area contributed by atoms with Gasteiger partial charge >= 0.3 is 0 Å². The Bertz CT molecular complexity index is 4950. The number of nitrogens with zero attached hydrogens (tertiary/aromatic N) is 20. The Balaban J connectivity index is 2.56. The van der Waals surface area contributed by atoms with E-state index in [4.69, 9.17) is 16.2 Å². The van der Waals surface area contributed by atoms with Gasteiger partial charge in [-0.05, 0) is 192 Å². The SMILES string of the molecule is CCC(C)C(N=C(O)C(C)(C)N=C(O)C(N=C(O)C1CCCN1C(=O)C(C)(C)N=C(O)C(CC(C)C)N=C(O)CN=C(O)C(C)(C)N=C(O)C(N=C(O)C(C)(C)N=C(O)C(CCC(=N)O)N=C(O)C(C)(C)N=C(O)C(C)(C)N=C(O)C(C)N=C(O)C(C)N=C(O)C(C)N=C(O)C(C)(C)N=C(C)O)C(C)C)C(C)C)C(O)=NC(CCC(=N)O)C(O)=NC(CCC(=N)O)C(O)=NC(CO)Cc1ccccc1. The second-order valence-electron chi connectivity index (χ2n) is 38.8. The van der Waals surface area contributed by atoms with Gasteiger partial charge in [-0.1, -0.05) is 92.1 Å². The van der Waals surface area contributed by atoms with Crippen molar-refractivity contribution in [3.05, 3.63) is 35.9 Å². The molecule has 0 spiro atoms. The van der Waals surface area contributed by atoms with E-state index in [0.717, 1.165) is 5.56 Å². The monoisotopic (exact) mass is 1960 g/mol. The Labute approximate surface area is 811 Å². The van der Waals surface area contributed by atoms with Crippen LogP contribution in [-0.4, -0.2) is 389 Å². The number of amides is 1. The van der Waals surface area contributed by atoms with Crippen LogP contribution >= 0.6 is 0 Å². The van der Waals surface area contributed by atoms with Crippen LogP contribution in [0.5, 0.6) is 0 Å². The predicted molar refractivity (Wildman–Crippen MR) is 548 cm³/mol. The Morgan fingerprint density at radius 2 is 0.777 bits per heavy atom. The molecule has 1 heterocycles. The van der Waals surface area contributed by atoms with E-state index in [9.17, 15) is 122 Å². The molecule has 0 saturated carbocycles. The molecule has 13 atom stereocenters. The number of aliphatic imine (C=N–C) groups is 19. The molecule has 47 heteroatoms. The van der Waals surface area contributed by atoms with E-state index in [1.165, 1.54) is 130 Å². The number of hydrogen-bond donors (Lipinski definition) is 26. The minimum absolute atomic E-state index is 0.0459. The average Bonchev–Trinajstić information content (AvgIpc) is 1.71. The molecule has 139 heavy (non-hydrogen) atoms. The van der Waals surface area contributed by atoms with E-state index in [0.29, 0.717) is 12.8 Å². The van der Waals surface area contributed by atoms with Gasteiger partial charge in [-0.15, -0.1) is 0 Å². The molecule has 2 rings (SSSR count). The molecule has 0 aromatic heterocycles. The van der Waals surface area contributed by atoms with Crippen LogP contribution in [0.1, 0.15) is 250 Å². The van der Waals surface area contributed by atoms with Crippen molar-refractivity contribution in [2.75, 3.05) is 19.7 Å². The van der Waals surface area contributed by atoms with Gasteiger partial charge < -0.3 is 122 Å². The van der Waals surface area contributed by atoms with Gasteiger partial charge in [0.1, 0.15) is 112 Å². The summed E-state index contributed by atoms with van der Waals surface area (Å²) < 4.78 is 0. The smallest absolute Gasteiger partial charge is 0.250 e. The van der Waals surface area contributed by atoms with Crippen LogP contribution in [0.2, 0.25) is 0 Å². The normalized spacial score (nSPS) is 19.2. The maximum absolute atomic E-state index is 14.7. The molecule has 1 aliphatic heterocycles. The zero-order valence-electron chi connectivity index (χ0n) is 84.7. The van der Waals surface area contributed by atoms with Gasteiger partial charge in [0.25, 0.3) is 5.91 Å². The zero-order valence-corrected chi connectivity index (χ0v) is 84.7. The van der Waals surface area contributed by atoms with Crippen molar-refractivity contribution in [3.8, 4) is 0 Å². The van der Waals surface area contributed by atoms with Crippen LogP contribution in [0.15, 0.2) is 125 Å². The second kappa shape index (κ2) is 53.2. The Hall–Kier alpha value is -13.0. The van der Waals surface area contributed by atoms with Crippen LogP contribution in [0, 0.1) is 39.9 Å². The van der Waals surface area contributed by atoms with E-state index >= 15 is 0 Å². The molecular formula is C92H153N23O24. The largest absolute Gasteiger partial charge is 0.497 e. The fourth-order valence-electron chi connectivity index (χ4n) is 13.1. The third-order valence-electron chi connectivity index (χ3n) is 21.8. The maximum Gasteiger partial charge on any atom is 0.250 e. The quantitative estimate of drug-likeness (QED) is 0.0213. The first kappa shape index (κ1) is 122.